The highest BCUT2D eigenvalue weighted by Gasteiger charge is 2.21. The molecule has 1 aromatic carbocycles. The molecule has 0 aliphatic carbocycles. The van der Waals surface area contributed by atoms with Crippen LogP contribution in [0.3, 0.4) is 0 Å². The van der Waals surface area contributed by atoms with Gasteiger partial charge >= 0.3 is 0 Å². The van der Waals surface area contributed by atoms with Crippen molar-refractivity contribution in [1.29, 1.82) is 0 Å². The zero-order valence-corrected chi connectivity index (χ0v) is 11.7. The van der Waals surface area contributed by atoms with Crippen LogP contribution in [0.25, 0.3) is 0 Å². The second-order valence-corrected chi connectivity index (χ2v) is 5.11. The molecule has 0 saturated carbocycles. The molecule has 1 heterocycles. The number of aliphatic hydroxyl groups is 1. The summed E-state index contributed by atoms with van der Waals surface area (Å²) in [7, 11) is 0. The lowest BCUT2D eigenvalue weighted by Gasteiger charge is -2.26. The number of carbonyl (C=O) groups excluding carboxylic acids is 2. The fraction of sp³-hybridized carbons (Fsp3) is 0.467. The topological polar surface area (TPSA) is 69.6 Å². The van der Waals surface area contributed by atoms with E-state index in [1.54, 1.807) is 6.07 Å². The molecule has 0 spiro atoms. The van der Waals surface area contributed by atoms with E-state index in [2.05, 4.69) is 5.32 Å². The van der Waals surface area contributed by atoms with Gasteiger partial charge in [-0.15, -0.1) is 0 Å². The van der Waals surface area contributed by atoms with Crippen LogP contribution < -0.4 is 5.32 Å². The number of benzene rings is 1. The first-order chi connectivity index (χ1) is 10.1. The van der Waals surface area contributed by atoms with Crippen LogP contribution >= 0.6 is 0 Å². The predicted molar refractivity (Wildman–Crippen MR) is 74.8 cm³/mol. The minimum Gasteiger partial charge on any atom is -0.386 e. The van der Waals surface area contributed by atoms with Gasteiger partial charge in [-0.3, -0.25) is 9.59 Å². The van der Waals surface area contributed by atoms with E-state index < -0.39 is 11.9 Å². The second kappa shape index (κ2) is 7.17. The summed E-state index contributed by atoms with van der Waals surface area (Å²) in [5, 5.41) is 12.4. The van der Waals surface area contributed by atoms with Crippen LogP contribution in [0.4, 0.5) is 4.39 Å². The number of carbonyl (C=O) groups is 2. The van der Waals surface area contributed by atoms with E-state index in [1.165, 1.54) is 23.1 Å². The number of rotatable bonds is 5. The van der Waals surface area contributed by atoms with Crippen molar-refractivity contribution in [2.24, 2.45) is 0 Å². The third-order valence-electron chi connectivity index (χ3n) is 3.51. The lowest BCUT2D eigenvalue weighted by molar-refractivity contribution is -0.137. The maximum atomic E-state index is 13.5. The van der Waals surface area contributed by atoms with Crippen LogP contribution in [0.5, 0.6) is 0 Å². The van der Waals surface area contributed by atoms with E-state index in [0.717, 1.165) is 12.8 Å². The molecule has 21 heavy (non-hydrogen) atoms. The normalized spacial score (nSPS) is 16.7. The molecular formula is C15H19FN2O3. The summed E-state index contributed by atoms with van der Waals surface area (Å²) >= 11 is 0. The van der Waals surface area contributed by atoms with Gasteiger partial charge in [-0.25, -0.2) is 4.39 Å². The van der Waals surface area contributed by atoms with Gasteiger partial charge in [0.25, 0.3) is 0 Å². The monoisotopic (exact) mass is 294 g/mol. The highest BCUT2D eigenvalue weighted by Crippen LogP contribution is 2.15. The molecule has 1 fully saturated rings. The lowest BCUT2D eigenvalue weighted by Crippen LogP contribution is -2.43. The van der Waals surface area contributed by atoms with Crippen molar-refractivity contribution in [2.75, 3.05) is 19.6 Å². The lowest BCUT2D eigenvalue weighted by atomic mass is 10.1. The maximum absolute atomic E-state index is 13.5. The van der Waals surface area contributed by atoms with Crippen LogP contribution in [0.15, 0.2) is 24.3 Å². The van der Waals surface area contributed by atoms with Gasteiger partial charge in [0, 0.05) is 25.1 Å². The number of hydrogen-bond acceptors (Lipinski definition) is 3. The van der Waals surface area contributed by atoms with Crippen molar-refractivity contribution in [3.05, 3.63) is 35.6 Å². The van der Waals surface area contributed by atoms with E-state index in [9.17, 15) is 19.1 Å². The SMILES string of the molecule is O=C(CN1CCCCC1=O)NC[C@@H](O)c1ccccc1F. The Morgan fingerprint density at radius 1 is 1.38 bits per heavy atom. The van der Waals surface area contributed by atoms with Crippen LogP contribution in [0, 0.1) is 5.82 Å². The molecule has 6 heteroatoms. The maximum Gasteiger partial charge on any atom is 0.239 e. The number of aliphatic hydroxyl groups excluding tert-OH is 1. The summed E-state index contributed by atoms with van der Waals surface area (Å²) in [6.07, 6.45) is 1.14. The fourth-order valence-electron chi connectivity index (χ4n) is 2.32. The van der Waals surface area contributed by atoms with Crippen LogP contribution in [0.1, 0.15) is 30.9 Å². The van der Waals surface area contributed by atoms with Gasteiger partial charge in [-0.2, -0.15) is 0 Å². The van der Waals surface area contributed by atoms with Gasteiger partial charge in [0.1, 0.15) is 5.82 Å². The molecule has 1 atom stereocenters. The number of hydrogen-bond donors (Lipinski definition) is 2. The van der Waals surface area contributed by atoms with Crippen LogP contribution in [0.2, 0.25) is 0 Å². The Hall–Kier alpha value is -1.95. The largest absolute Gasteiger partial charge is 0.386 e. The third kappa shape index (κ3) is 4.26. The van der Waals surface area contributed by atoms with Gasteiger partial charge in [0.2, 0.25) is 11.8 Å². The average Bonchev–Trinajstić information content (AvgIpc) is 2.48. The molecular weight excluding hydrogens is 275 g/mol. The van der Waals surface area contributed by atoms with Crippen molar-refractivity contribution < 1.29 is 19.1 Å². The molecule has 2 rings (SSSR count). The van der Waals surface area contributed by atoms with Crippen LogP contribution in [-0.4, -0.2) is 41.5 Å². The molecule has 1 aliphatic heterocycles. The van der Waals surface area contributed by atoms with E-state index in [4.69, 9.17) is 0 Å². The fourth-order valence-corrected chi connectivity index (χ4v) is 2.32. The van der Waals surface area contributed by atoms with E-state index in [1.807, 2.05) is 0 Å². The number of halogens is 1. The van der Waals surface area contributed by atoms with Gasteiger partial charge in [0.15, 0.2) is 0 Å². The smallest absolute Gasteiger partial charge is 0.239 e. The summed E-state index contributed by atoms with van der Waals surface area (Å²) < 4.78 is 13.5. The number of piperidine rings is 1. The Bertz CT molecular complexity index is 521. The molecule has 114 valence electrons. The molecule has 1 aliphatic rings. The van der Waals surface area contributed by atoms with Crippen molar-refractivity contribution in [3.63, 3.8) is 0 Å². The number of nitrogens with zero attached hydrogens (tertiary/aromatic N) is 1. The second-order valence-electron chi connectivity index (χ2n) is 5.11. The van der Waals surface area contributed by atoms with Gasteiger partial charge in [-0.1, -0.05) is 18.2 Å². The molecule has 0 aromatic heterocycles. The Morgan fingerprint density at radius 2 is 2.14 bits per heavy atom. The number of amides is 2. The van der Waals surface area contributed by atoms with Crippen molar-refractivity contribution >= 4 is 11.8 Å². The van der Waals surface area contributed by atoms with E-state index >= 15 is 0 Å². The molecule has 0 unspecified atom stereocenters. The minimum atomic E-state index is -1.10. The average molecular weight is 294 g/mol. The first kappa shape index (κ1) is 15.4. The summed E-state index contributed by atoms with van der Waals surface area (Å²) in [6.45, 7) is 0.493. The minimum absolute atomic E-state index is 0.0111. The Kier molecular flexibility index (Phi) is 5.27. The van der Waals surface area contributed by atoms with E-state index in [0.29, 0.717) is 13.0 Å². The first-order valence-electron chi connectivity index (χ1n) is 7.05. The molecule has 1 saturated heterocycles. The van der Waals surface area contributed by atoms with Crippen LogP contribution in [-0.2, 0) is 9.59 Å². The Labute approximate surface area is 122 Å². The van der Waals surface area contributed by atoms with Crippen molar-refractivity contribution in [2.45, 2.75) is 25.4 Å². The van der Waals surface area contributed by atoms with Crippen molar-refractivity contribution in [1.82, 2.24) is 10.2 Å². The molecule has 0 bridgehead atoms. The molecule has 5 nitrogen and oxygen atoms in total. The zero-order chi connectivity index (χ0) is 15.2. The summed E-state index contributed by atoms with van der Waals surface area (Å²) in [4.78, 5) is 24.9. The van der Waals surface area contributed by atoms with Gasteiger partial charge in [0.05, 0.1) is 12.6 Å². The zero-order valence-electron chi connectivity index (χ0n) is 11.7. The van der Waals surface area contributed by atoms with Crippen molar-refractivity contribution in [3.8, 4) is 0 Å². The van der Waals surface area contributed by atoms with Gasteiger partial charge < -0.3 is 15.3 Å². The first-order valence-corrected chi connectivity index (χ1v) is 7.05. The molecule has 1 aromatic rings. The summed E-state index contributed by atoms with van der Waals surface area (Å²) in [6, 6.07) is 5.88. The van der Waals surface area contributed by atoms with Gasteiger partial charge in [-0.05, 0) is 18.9 Å². The summed E-state index contributed by atoms with van der Waals surface area (Å²) in [5.74, 6) is -0.878. The number of nitrogens with one attached hydrogen (secondary N) is 1. The molecule has 2 amide bonds. The third-order valence-corrected chi connectivity index (χ3v) is 3.51. The molecule has 0 radical (unpaired) electrons. The number of likely N-dealkylation sites (tertiary alicyclic amines) is 1. The Morgan fingerprint density at radius 3 is 2.86 bits per heavy atom. The summed E-state index contributed by atoms with van der Waals surface area (Å²) in [5.41, 5.74) is 0.145. The molecule has 2 N–H and O–H groups in total. The predicted octanol–water partition coefficient (Wildman–Crippen LogP) is 0.988. The standard InChI is InChI=1S/C15H19FN2O3/c16-12-6-2-1-5-11(12)13(19)9-17-14(20)10-18-8-4-3-7-15(18)21/h1-2,5-6,13,19H,3-4,7-10H2,(H,17,20)/t13-/m1/s1. The Balaban J connectivity index is 1.81. The van der Waals surface area contributed by atoms with E-state index in [-0.39, 0.29) is 30.5 Å². The quantitative estimate of drug-likeness (QED) is 0.851. The highest BCUT2D eigenvalue weighted by molar-refractivity contribution is 5.85. The highest BCUT2D eigenvalue weighted by atomic mass is 19.1.